The molecule has 1 atom stereocenters. The van der Waals surface area contributed by atoms with Crippen LogP contribution in [0, 0.1) is 5.82 Å². The van der Waals surface area contributed by atoms with Gasteiger partial charge in [0.2, 0.25) is 0 Å². The molecule has 0 aliphatic carbocycles. The maximum absolute atomic E-state index is 13.9. The van der Waals surface area contributed by atoms with E-state index in [4.69, 9.17) is 17.3 Å². The van der Waals surface area contributed by atoms with Crippen LogP contribution in [0.1, 0.15) is 18.5 Å². The second-order valence-corrected chi connectivity index (χ2v) is 4.44. The Balaban J connectivity index is 2.60. The molecule has 0 aromatic heterocycles. The van der Waals surface area contributed by atoms with Gasteiger partial charge in [0, 0.05) is 16.6 Å². The fraction of sp³-hybridized carbons (Fsp3) is 0.143. The Labute approximate surface area is 105 Å². The average molecular weight is 250 g/mol. The van der Waals surface area contributed by atoms with E-state index < -0.39 is 0 Å². The Kier molecular flexibility index (Phi) is 3.46. The van der Waals surface area contributed by atoms with Gasteiger partial charge in [0.1, 0.15) is 5.82 Å². The molecular formula is C14H13ClFN. The maximum atomic E-state index is 13.9. The lowest BCUT2D eigenvalue weighted by atomic mass is 9.96. The van der Waals surface area contributed by atoms with Gasteiger partial charge >= 0.3 is 0 Å². The zero-order valence-corrected chi connectivity index (χ0v) is 10.2. The summed E-state index contributed by atoms with van der Waals surface area (Å²) in [5, 5.41) is 0.393. The van der Waals surface area contributed by atoms with Gasteiger partial charge in [0.15, 0.2) is 0 Å². The Bertz CT molecular complexity index is 537. The van der Waals surface area contributed by atoms with Gasteiger partial charge in [-0.1, -0.05) is 35.9 Å². The molecule has 0 aliphatic rings. The van der Waals surface area contributed by atoms with Crippen LogP contribution in [0.4, 0.5) is 4.39 Å². The van der Waals surface area contributed by atoms with E-state index in [0.29, 0.717) is 10.6 Å². The van der Waals surface area contributed by atoms with E-state index in [1.54, 1.807) is 12.1 Å². The lowest BCUT2D eigenvalue weighted by molar-refractivity contribution is 0.631. The summed E-state index contributed by atoms with van der Waals surface area (Å²) in [7, 11) is 0. The second-order valence-electron chi connectivity index (χ2n) is 4.00. The first-order chi connectivity index (χ1) is 8.09. The van der Waals surface area contributed by atoms with Crippen molar-refractivity contribution in [2.45, 2.75) is 13.0 Å². The maximum Gasteiger partial charge on any atom is 0.132 e. The molecule has 2 aromatic rings. The summed E-state index contributed by atoms with van der Waals surface area (Å²) in [5.41, 5.74) is 8.15. The lowest BCUT2D eigenvalue weighted by Crippen LogP contribution is -2.06. The lowest BCUT2D eigenvalue weighted by Gasteiger charge is -2.13. The van der Waals surface area contributed by atoms with Crippen molar-refractivity contribution in [1.29, 1.82) is 0 Å². The summed E-state index contributed by atoms with van der Waals surface area (Å²) in [4.78, 5) is 0. The first-order valence-electron chi connectivity index (χ1n) is 5.39. The molecule has 0 saturated carbocycles. The van der Waals surface area contributed by atoms with Crippen LogP contribution < -0.4 is 5.73 Å². The molecule has 2 N–H and O–H groups in total. The molecule has 0 spiro atoms. The highest BCUT2D eigenvalue weighted by Gasteiger charge is 2.11. The Hall–Kier alpha value is -1.38. The minimum Gasteiger partial charge on any atom is -0.324 e. The quantitative estimate of drug-likeness (QED) is 0.850. The Morgan fingerprint density at radius 2 is 1.82 bits per heavy atom. The van der Waals surface area contributed by atoms with Crippen LogP contribution in [0.25, 0.3) is 11.1 Å². The number of halogens is 2. The van der Waals surface area contributed by atoms with Crippen LogP contribution >= 0.6 is 11.6 Å². The minimum absolute atomic E-state index is 0.138. The van der Waals surface area contributed by atoms with Gasteiger partial charge in [0.05, 0.1) is 0 Å². The van der Waals surface area contributed by atoms with Crippen molar-refractivity contribution in [2.24, 2.45) is 5.73 Å². The van der Waals surface area contributed by atoms with Crippen LogP contribution in [0.3, 0.4) is 0 Å². The summed E-state index contributed by atoms with van der Waals surface area (Å²) in [6, 6.07) is 12.1. The van der Waals surface area contributed by atoms with Crippen LogP contribution in [-0.2, 0) is 0 Å². The first-order valence-corrected chi connectivity index (χ1v) is 5.77. The van der Waals surface area contributed by atoms with Gasteiger partial charge in [-0.3, -0.25) is 0 Å². The van der Waals surface area contributed by atoms with E-state index in [9.17, 15) is 4.39 Å². The molecule has 17 heavy (non-hydrogen) atoms. The molecular weight excluding hydrogens is 237 g/mol. The van der Waals surface area contributed by atoms with E-state index in [0.717, 1.165) is 11.1 Å². The van der Waals surface area contributed by atoms with Gasteiger partial charge in [0.25, 0.3) is 0 Å². The number of benzene rings is 2. The van der Waals surface area contributed by atoms with Crippen molar-refractivity contribution in [3.05, 3.63) is 58.9 Å². The van der Waals surface area contributed by atoms with Crippen molar-refractivity contribution in [1.82, 2.24) is 0 Å². The van der Waals surface area contributed by atoms with Crippen molar-refractivity contribution >= 4 is 11.6 Å². The SMILES string of the molecule is C[C@@H](N)c1ccccc1-c1ccc(Cl)cc1F. The van der Waals surface area contributed by atoms with E-state index in [1.807, 2.05) is 31.2 Å². The fourth-order valence-electron chi connectivity index (χ4n) is 1.85. The summed E-state index contributed by atoms with van der Waals surface area (Å²) >= 11 is 5.74. The van der Waals surface area contributed by atoms with E-state index in [2.05, 4.69) is 0 Å². The fourth-order valence-corrected chi connectivity index (χ4v) is 2.01. The van der Waals surface area contributed by atoms with Crippen molar-refractivity contribution in [2.75, 3.05) is 0 Å². The number of hydrogen-bond donors (Lipinski definition) is 1. The third-order valence-electron chi connectivity index (χ3n) is 2.67. The molecule has 0 saturated heterocycles. The number of rotatable bonds is 2. The van der Waals surface area contributed by atoms with E-state index in [-0.39, 0.29) is 11.9 Å². The normalized spacial score (nSPS) is 12.5. The topological polar surface area (TPSA) is 26.0 Å². The first kappa shape index (κ1) is 12.1. The van der Waals surface area contributed by atoms with Gasteiger partial charge in [-0.05, 0) is 36.2 Å². The van der Waals surface area contributed by atoms with Gasteiger partial charge < -0.3 is 5.73 Å². The zero-order chi connectivity index (χ0) is 12.4. The molecule has 0 aliphatic heterocycles. The summed E-state index contributed by atoms with van der Waals surface area (Å²) in [5.74, 6) is -0.328. The molecule has 2 rings (SSSR count). The largest absolute Gasteiger partial charge is 0.324 e. The highest BCUT2D eigenvalue weighted by atomic mass is 35.5. The predicted octanol–water partition coefficient (Wildman–Crippen LogP) is 4.17. The molecule has 0 heterocycles. The molecule has 88 valence electrons. The standard InChI is InChI=1S/C14H13ClFN/c1-9(17)11-4-2-3-5-12(11)13-7-6-10(15)8-14(13)16/h2-9H,17H2,1H3/t9-/m1/s1. The molecule has 0 radical (unpaired) electrons. The van der Waals surface area contributed by atoms with Crippen LogP contribution in [0.15, 0.2) is 42.5 Å². The minimum atomic E-state index is -0.328. The van der Waals surface area contributed by atoms with Crippen molar-refractivity contribution in [3.8, 4) is 11.1 Å². The second kappa shape index (κ2) is 4.86. The molecule has 1 nitrogen and oxygen atoms in total. The molecule has 0 amide bonds. The Morgan fingerprint density at radius 3 is 2.47 bits per heavy atom. The van der Waals surface area contributed by atoms with Gasteiger partial charge in [-0.15, -0.1) is 0 Å². The summed E-state index contributed by atoms with van der Waals surface area (Å²) < 4.78 is 13.9. The van der Waals surface area contributed by atoms with Crippen LogP contribution in [0.5, 0.6) is 0 Å². The third-order valence-corrected chi connectivity index (χ3v) is 2.91. The van der Waals surface area contributed by atoms with Crippen LogP contribution in [0.2, 0.25) is 5.02 Å². The predicted molar refractivity (Wildman–Crippen MR) is 69.4 cm³/mol. The molecule has 0 bridgehead atoms. The summed E-state index contributed by atoms with van der Waals surface area (Å²) in [6.07, 6.45) is 0. The third kappa shape index (κ3) is 2.48. The summed E-state index contributed by atoms with van der Waals surface area (Å²) in [6.45, 7) is 1.88. The van der Waals surface area contributed by atoms with E-state index in [1.165, 1.54) is 6.07 Å². The average Bonchev–Trinajstić information content (AvgIpc) is 2.29. The molecule has 0 fully saturated rings. The highest BCUT2D eigenvalue weighted by Crippen LogP contribution is 2.30. The number of nitrogens with two attached hydrogens (primary N) is 1. The molecule has 0 unspecified atom stereocenters. The van der Waals surface area contributed by atoms with Crippen LogP contribution in [-0.4, -0.2) is 0 Å². The zero-order valence-electron chi connectivity index (χ0n) is 9.45. The highest BCUT2D eigenvalue weighted by molar-refractivity contribution is 6.30. The van der Waals surface area contributed by atoms with Crippen molar-refractivity contribution in [3.63, 3.8) is 0 Å². The van der Waals surface area contributed by atoms with Crippen molar-refractivity contribution < 1.29 is 4.39 Å². The van der Waals surface area contributed by atoms with E-state index >= 15 is 0 Å². The Morgan fingerprint density at radius 1 is 1.12 bits per heavy atom. The monoisotopic (exact) mass is 249 g/mol. The smallest absolute Gasteiger partial charge is 0.132 e. The van der Waals surface area contributed by atoms with Gasteiger partial charge in [-0.25, -0.2) is 4.39 Å². The molecule has 2 aromatic carbocycles. The molecule has 3 heteroatoms. The van der Waals surface area contributed by atoms with Gasteiger partial charge in [-0.2, -0.15) is 0 Å². The number of hydrogen-bond acceptors (Lipinski definition) is 1.